The minimum atomic E-state index is -0.161. The van der Waals surface area contributed by atoms with Gasteiger partial charge in [0.05, 0.1) is 33.8 Å². The molecule has 4 rings (SSSR count). The van der Waals surface area contributed by atoms with Gasteiger partial charge in [-0.15, -0.1) is 0 Å². The number of halogens is 2. The van der Waals surface area contributed by atoms with E-state index >= 15 is 0 Å². The zero-order valence-electron chi connectivity index (χ0n) is 12.7. The first-order valence-electron chi connectivity index (χ1n) is 7.34. The van der Waals surface area contributed by atoms with Gasteiger partial charge < -0.3 is 4.52 Å². The van der Waals surface area contributed by atoms with Gasteiger partial charge in [0, 0.05) is 5.56 Å². The zero-order chi connectivity index (χ0) is 17.4. The molecule has 0 bridgehead atoms. The summed E-state index contributed by atoms with van der Waals surface area (Å²) >= 11 is 11.9. The molecule has 0 saturated heterocycles. The van der Waals surface area contributed by atoms with Gasteiger partial charge in [-0.3, -0.25) is 9.36 Å². The molecule has 0 aliphatic carbocycles. The first kappa shape index (κ1) is 15.8. The number of aromatic nitrogens is 4. The number of rotatable bonds is 3. The molecule has 6 nitrogen and oxygen atoms in total. The van der Waals surface area contributed by atoms with Gasteiger partial charge in [-0.05, 0) is 30.3 Å². The summed E-state index contributed by atoms with van der Waals surface area (Å²) in [6.07, 6.45) is 1.47. The number of fused-ring (bicyclic) bond motifs is 1. The highest BCUT2D eigenvalue weighted by atomic mass is 35.5. The van der Waals surface area contributed by atoms with Crippen molar-refractivity contribution in [2.24, 2.45) is 0 Å². The van der Waals surface area contributed by atoms with E-state index in [9.17, 15) is 4.79 Å². The molecule has 124 valence electrons. The summed E-state index contributed by atoms with van der Waals surface area (Å²) in [7, 11) is 0. The molecule has 0 unspecified atom stereocenters. The van der Waals surface area contributed by atoms with Crippen molar-refractivity contribution in [3.8, 4) is 11.5 Å². The Morgan fingerprint density at radius 3 is 2.76 bits per heavy atom. The van der Waals surface area contributed by atoms with Crippen LogP contribution in [0.5, 0.6) is 0 Å². The summed E-state index contributed by atoms with van der Waals surface area (Å²) in [5, 5.41) is 5.29. The summed E-state index contributed by atoms with van der Waals surface area (Å²) in [6.45, 7) is 0.154. The lowest BCUT2D eigenvalue weighted by atomic mass is 10.2. The Kier molecular flexibility index (Phi) is 3.99. The molecule has 0 N–H and O–H groups in total. The molecule has 2 aromatic carbocycles. The Morgan fingerprint density at radius 1 is 1.08 bits per heavy atom. The molecule has 25 heavy (non-hydrogen) atoms. The SMILES string of the molecule is O=c1c2ccccc2ncn1Cc1noc(-c2ccc(Cl)c(Cl)c2)n1. The van der Waals surface area contributed by atoms with Crippen molar-refractivity contribution in [2.45, 2.75) is 6.54 Å². The van der Waals surface area contributed by atoms with Crippen LogP contribution in [0.1, 0.15) is 5.82 Å². The third-order valence-electron chi connectivity index (χ3n) is 3.68. The maximum atomic E-state index is 12.5. The van der Waals surface area contributed by atoms with Gasteiger partial charge in [-0.1, -0.05) is 40.5 Å². The van der Waals surface area contributed by atoms with E-state index in [1.54, 1.807) is 36.4 Å². The molecule has 2 heterocycles. The number of benzene rings is 2. The molecule has 0 atom stereocenters. The second-order valence-electron chi connectivity index (χ2n) is 5.34. The molecule has 8 heteroatoms. The molecule has 0 spiro atoms. The minimum absolute atomic E-state index is 0.154. The van der Waals surface area contributed by atoms with Gasteiger partial charge in [-0.2, -0.15) is 4.98 Å². The number of nitrogens with zero attached hydrogens (tertiary/aromatic N) is 4. The van der Waals surface area contributed by atoms with Crippen molar-refractivity contribution in [3.05, 3.63) is 75.0 Å². The van der Waals surface area contributed by atoms with Gasteiger partial charge in [0.2, 0.25) is 0 Å². The number of hydrogen-bond acceptors (Lipinski definition) is 5. The minimum Gasteiger partial charge on any atom is -0.334 e. The Morgan fingerprint density at radius 2 is 1.92 bits per heavy atom. The summed E-state index contributed by atoms with van der Waals surface area (Å²) in [6, 6.07) is 12.2. The Hall–Kier alpha value is -2.70. The highest BCUT2D eigenvalue weighted by Crippen LogP contribution is 2.27. The maximum Gasteiger partial charge on any atom is 0.261 e. The fraction of sp³-hybridized carbons (Fsp3) is 0.0588. The monoisotopic (exact) mass is 372 g/mol. The highest BCUT2D eigenvalue weighted by molar-refractivity contribution is 6.42. The van der Waals surface area contributed by atoms with E-state index in [-0.39, 0.29) is 12.1 Å². The third kappa shape index (κ3) is 3.01. The Balaban J connectivity index is 1.66. The van der Waals surface area contributed by atoms with Crippen LogP contribution in [0.25, 0.3) is 22.4 Å². The van der Waals surface area contributed by atoms with E-state index in [2.05, 4.69) is 15.1 Å². The quantitative estimate of drug-likeness (QED) is 0.546. The molecule has 2 aromatic heterocycles. The first-order valence-corrected chi connectivity index (χ1v) is 8.09. The fourth-order valence-corrected chi connectivity index (χ4v) is 2.73. The molecular weight excluding hydrogens is 363 g/mol. The summed E-state index contributed by atoms with van der Waals surface area (Å²) in [5.74, 6) is 0.663. The van der Waals surface area contributed by atoms with Crippen LogP contribution < -0.4 is 5.56 Å². The Bertz CT molecular complexity index is 1140. The van der Waals surface area contributed by atoms with Crippen molar-refractivity contribution in [1.82, 2.24) is 19.7 Å². The zero-order valence-corrected chi connectivity index (χ0v) is 14.2. The molecule has 4 aromatic rings. The van der Waals surface area contributed by atoms with Crippen LogP contribution >= 0.6 is 23.2 Å². The molecule has 0 amide bonds. The van der Waals surface area contributed by atoms with Gasteiger partial charge in [0.1, 0.15) is 0 Å². The topological polar surface area (TPSA) is 73.8 Å². The number of hydrogen-bond donors (Lipinski definition) is 0. The summed E-state index contributed by atoms with van der Waals surface area (Å²) in [4.78, 5) is 21.1. The second-order valence-corrected chi connectivity index (χ2v) is 6.15. The lowest BCUT2D eigenvalue weighted by Crippen LogP contribution is -2.21. The average Bonchev–Trinajstić information content (AvgIpc) is 3.09. The molecule has 0 aliphatic heterocycles. The predicted molar refractivity (Wildman–Crippen MR) is 94.9 cm³/mol. The smallest absolute Gasteiger partial charge is 0.261 e. The van der Waals surface area contributed by atoms with E-state index < -0.39 is 0 Å². The first-order chi connectivity index (χ1) is 12.1. The van der Waals surface area contributed by atoms with E-state index in [1.165, 1.54) is 10.9 Å². The lowest BCUT2D eigenvalue weighted by molar-refractivity contribution is 0.420. The van der Waals surface area contributed by atoms with Crippen LogP contribution in [0.15, 0.2) is 58.1 Å². The number of para-hydroxylation sites is 1. The van der Waals surface area contributed by atoms with Crippen molar-refractivity contribution < 1.29 is 4.52 Å². The van der Waals surface area contributed by atoms with Gasteiger partial charge in [0.25, 0.3) is 11.4 Å². The standard InChI is InChI=1S/C17H10Cl2N4O2/c18-12-6-5-10(7-13(12)19)16-21-15(22-25-16)8-23-9-20-14-4-2-1-3-11(14)17(23)24/h1-7,9H,8H2. The predicted octanol–water partition coefficient (Wildman–Crippen LogP) is 3.80. The fourth-order valence-electron chi connectivity index (χ4n) is 2.44. The summed E-state index contributed by atoms with van der Waals surface area (Å²) in [5.41, 5.74) is 1.14. The van der Waals surface area contributed by atoms with Gasteiger partial charge in [-0.25, -0.2) is 4.98 Å². The van der Waals surface area contributed by atoms with E-state index in [1.807, 2.05) is 6.07 Å². The molecular formula is C17H10Cl2N4O2. The average molecular weight is 373 g/mol. The van der Waals surface area contributed by atoms with Gasteiger partial charge in [0.15, 0.2) is 5.82 Å². The second kappa shape index (κ2) is 6.31. The van der Waals surface area contributed by atoms with E-state index in [0.717, 1.165) is 0 Å². The van der Waals surface area contributed by atoms with Crippen LogP contribution in [-0.2, 0) is 6.54 Å². The highest BCUT2D eigenvalue weighted by Gasteiger charge is 2.12. The van der Waals surface area contributed by atoms with Crippen LogP contribution in [0.3, 0.4) is 0 Å². The van der Waals surface area contributed by atoms with Crippen LogP contribution in [0, 0.1) is 0 Å². The van der Waals surface area contributed by atoms with Gasteiger partial charge >= 0.3 is 0 Å². The molecule has 0 radical (unpaired) electrons. The van der Waals surface area contributed by atoms with Crippen molar-refractivity contribution >= 4 is 34.1 Å². The van der Waals surface area contributed by atoms with Crippen molar-refractivity contribution in [2.75, 3.05) is 0 Å². The normalized spacial score (nSPS) is 11.1. The molecule has 0 fully saturated rings. The van der Waals surface area contributed by atoms with Crippen LogP contribution in [-0.4, -0.2) is 19.7 Å². The lowest BCUT2D eigenvalue weighted by Gasteiger charge is -2.03. The largest absolute Gasteiger partial charge is 0.334 e. The van der Waals surface area contributed by atoms with Crippen LogP contribution in [0.2, 0.25) is 10.0 Å². The molecule has 0 saturated carbocycles. The Labute approximate surface area is 151 Å². The van der Waals surface area contributed by atoms with Crippen LogP contribution in [0.4, 0.5) is 0 Å². The summed E-state index contributed by atoms with van der Waals surface area (Å²) < 4.78 is 6.68. The van der Waals surface area contributed by atoms with E-state index in [4.69, 9.17) is 27.7 Å². The van der Waals surface area contributed by atoms with Crippen molar-refractivity contribution in [1.29, 1.82) is 0 Å². The third-order valence-corrected chi connectivity index (χ3v) is 4.42. The van der Waals surface area contributed by atoms with E-state index in [0.29, 0.717) is 38.2 Å². The molecule has 0 aliphatic rings. The van der Waals surface area contributed by atoms with Crippen molar-refractivity contribution in [3.63, 3.8) is 0 Å². The maximum absolute atomic E-state index is 12.5.